The summed E-state index contributed by atoms with van der Waals surface area (Å²) >= 11 is 1.60. The number of urea groups is 1. The van der Waals surface area contributed by atoms with Gasteiger partial charge in [-0.25, -0.2) is 4.79 Å². The van der Waals surface area contributed by atoms with E-state index in [9.17, 15) is 4.79 Å². The number of nitrogens with one attached hydrogen (secondary N) is 2. The Labute approximate surface area is 87.0 Å². The van der Waals surface area contributed by atoms with E-state index in [0.29, 0.717) is 0 Å². The number of thiophene rings is 1. The third-order valence-electron chi connectivity index (χ3n) is 1.71. The van der Waals surface area contributed by atoms with Gasteiger partial charge in [-0.15, -0.1) is 11.3 Å². The molecule has 0 bridgehead atoms. The van der Waals surface area contributed by atoms with Crippen molar-refractivity contribution in [3.63, 3.8) is 0 Å². The number of carbonyl (C=O) groups excluding carboxylic acids is 1. The molecule has 14 heavy (non-hydrogen) atoms. The third kappa shape index (κ3) is 3.35. The van der Waals surface area contributed by atoms with Crippen LogP contribution in [0.25, 0.3) is 0 Å². The molecule has 78 valence electrons. The van der Waals surface area contributed by atoms with Crippen LogP contribution >= 0.6 is 11.3 Å². The Morgan fingerprint density at radius 3 is 3.07 bits per heavy atom. The maximum Gasteiger partial charge on any atom is 0.315 e. The van der Waals surface area contributed by atoms with Gasteiger partial charge in [-0.05, 0) is 18.4 Å². The van der Waals surface area contributed by atoms with E-state index in [1.165, 1.54) is 0 Å². The molecule has 0 aliphatic rings. The molecule has 0 aromatic carbocycles. The molecule has 0 saturated carbocycles. The molecular formula is C9H14N2O2S. The molecule has 0 saturated heterocycles. The molecule has 3 N–H and O–H groups in total. The second-order valence-electron chi connectivity index (χ2n) is 2.86. The van der Waals surface area contributed by atoms with Crippen molar-refractivity contribution < 1.29 is 9.90 Å². The number of hydrogen-bond donors (Lipinski definition) is 3. The second kappa shape index (κ2) is 5.62. The average molecular weight is 214 g/mol. The van der Waals surface area contributed by atoms with Gasteiger partial charge in [0.25, 0.3) is 0 Å². The first-order valence-electron chi connectivity index (χ1n) is 4.42. The predicted molar refractivity (Wildman–Crippen MR) is 56.4 cm³/mol. The summed E-state index contributed by atoms with van der Waals surface area (Å²) in [6, 6.07) is 3.68. The number of amides is 2. The molecule has 0 fully saturated rings. The van der Waals surface area contributed by atoms with E-state index in [0.717, 1.165) is 4.88 Å². The van der Waals surface area contributed by atoms with E-state index in [1.807, 2.05) is 24.4 Å². The maximum atomic E-state index is 11.2. The zero-order valence-corrected chi connectivity index (χ0v) is 8.80. The third-order valence-corrected chi connectivity index (χ3v) is 2.77. The van der Waals surface area contributed by atoms with Crippen LogP contribution in [0.3, 0.4) is 0 Å². The predicted octanol–water partition coefficient (Wildman–Crippen LogP) is 1.10. The van der Waals surface area contributed by atoms with Gasteiger partial charge >= 0.3 is 6.03 Å². The first-order valence-corrected chi connectivity index (χ1v) is 5.30. The zero-order valence-electron chi connectivity index (χ0n) is 7.99. The Hall–Kier alpha value is -1.07. The van der Waals surface area contributed by atoms with Gasteiger partial charge in [-0.2, -0.15) is 0 Å². The van der Waals surface area contributed by atoms with Gasteiger partial charge in [-0.3, -0.25) is 0 Å². The van der Waals surface area contributed by atoms with Crippen LogP contribution in [0.2, 0.25) is 0 Å². The quantitative estimate of drug-likeness (QED) is 0.703. The molecule has 0 aliphatic carbocycles. The van der Waals surface area contributed by atoms with Gasteiger partial charge in [-0.1, -0.05) is 6.07 Å². The molecule has 0 aliphatic heterocycles. The molecule has 2 amide bonds. The highest BCUT2D eigenvalue weighted by Gasteiger charge is 2.08. The van der Waals surface area contributed by atoms with Crippen LogP contribution in [0.4, 0.5) is 4.79 Å². The Morgan fingerprint density at radius 1 is 1.71 bits per heavy atom. The lowest BCUT2D eigenvalue weighted by atomic mass is 10.3. The van der Waals surface area contributed by atoms with Crippen molar-refractivity contribution in [3.05, 3.63) is 22.4 Å². The number of rotatable bonds is 4. The van der Waals surface area contributed by atoms with Crippen LogP contribution in [0.1, 0.15) is 17.8 Å². The van der Waals surface area contributed by atoms with Crippen LogP contribution in [0.5, 0.6) is 0 Å². The normalized spacial score (nSPS) is 12.1. The summed E-state index contributed by atoms with van der Waals surface area (Å²) < 4.78 is 0. The highest BCUT2D eigenvalue weighted by molar-refractivity contribution is 7.10. The molecule has 1 aromatic rings. The van der Waals surface area contributed by atoms with E-state index in [1.54, 1.807) is 11.3 Å². The van der Waals surface area contributed by atoms with E-state index in [2.05, 4.69) is 10.6 Å². The summed E-state index contributed by atoms with van der Waals surface area (Å²) in [6.07, 6.45) is 0. The largest absolute Gasteiger partial charge is 0.395 e. The van der Waals surface area contributed by atoms with Crippen molar-refractivity contribution in [3.8, 4) is 0 Å². The van der Waals surface area contributed by atoms with E-state index < -0.39 is 0 Å². The molecule has 1 unspecified atom stereocenters. The number of aliphatic hydroxyl groups is 1. The van der Waals surface area contributed by atoms with Crippen molar-refractivity contribution in [2.75, 3.05) is 13.2 Å². The van der Waals surface area contributed by atoms with Gasteiger partial charge in [0.15, 0.2) is 0 Å². The van der Waals surface area contributed by atoms with Crippen LogP contribution < -0.4 is 10.6 Å². The summed E-state index contributed by atoms with van der Waals surface area (Å²) in [5.74, 6) is 0. The fraction of sp³-hybridized carbons (Fsp3) is 0.444. The van der Waals surface area contributed by atoms with Crippen molar-refractivity contribution in [2.45, 2.75) is 13.0 Å². The molecule has 1 atom stereocenters. The van der Waals surface area contributed by atoms with Gasteiger partial charge in [0, 0.05) is 11.4 Å². The van der Waals surface area contributed by atoms with Gasteiger partial charge in [0.2, 0.25) is 0 Å². The summed E-state index contributed by atoms with van der Waals surface area (Å²) in [4.78, 5) is 12.3. The van der Waals surface area contributed by atoms with Crippen molar-refractivity contribution in [2.24, 2.45) is 0 Å². The summed E-state index contributed by atoms with van der Waals surface area (Å²) in [5.41, 5.74) is 0. The van der Waals surface area contributed by atoms with Gasteiger partial charge in [0.05, 0.1) is 12.6 Å². The molecular weight excluding hydrogens is 200 g/mol. The zero-order chi connectivity index (χ0) is 10.4. The fourth-order valence-corrected chi connectivity index (χ4v) is 1.76. The van der Waals surface area contributed by atoms with Crippen LogP contribution in [0.15, 0.2) is 17.5 Å². The van der Waals surface area contributed by atoms with Crippen LogP contribution in [-0.2, 0) is 0 Å². The van der Waals surface area contributed by atoms with E-state index in [4.69, 9.17) is 5.11 Å². The van der Waals surface area contributed by atoms with Crippen molar-refractivity contribution >= 4 is 17.4 Å². The maximum absolute atomic E-state index is 11.2. The molecule has 1 rings (SSSR count). The lowest BCUT2D eigenvalue weighted by molar-refractivity contribution is 0.231. The lowest BCUT2D eigenvalue weighted by Gasteiger charge is -2.12. The lowest BCUT2D eigenvalue weighted by Crippen LogP contribution is -2.38. The minimum atomic E-state index is -0.250. The highest BCUT2D eigenvalue weighted by atomic mass is 32.1. The van der Waals surface area contributed by atoms with Crippen molar-refractivity contribution in [1.29, 1.82) is 0 Å². The standard InChI is InChI=1S/C9H14N2O2S/c1-7(8-3-2-6-14-8)11-9(13)10-4-5-12/h2-3,6-7,12H,4-5H2,1H3,(H2,10,11,13). The number of aliphatic hydroxyl groups excluding tert-OH is 1. The molecule has 5 heteroatoms. The molecule has 1 heterocycles. The second-order valence-corrected chi connectivity index (χ2v) is 3.84. The fourth-order valence-electron chi connectivity index (χ4n) is 1.03. The first kappa shape index (κ1) is 11.0. The molecule has 0 radical (unpaired) electrons. The minimum absolute atomic E-state index is 0.00805. The monoisotopic (exact) mass is 214 g/mol. The smallest absolute Gasteiger partial charge is 0.315 e. The first-order chi connectivity index (χ1) is 6.74. The van der Waals surface area contributed by atoms with Crippen LogP contribution in [-0.4, -0.2) is 24.3 Å². The minimum Gasteiger partial charge on any atom is -0.395 e. The average Bonchev–Trinajstić information content (AvgIpc) is 2.67. The summed E-state index contributed by atoms with van der Waals surface area (Å²) in [7, 11) is 0. The molecule has 0 spiro atoms. The molecule has 4 nitrogen and oxygen atoms in total. The Kier molecular flexibility index (Phi) is 4.42. The van der Waals surface area contributed by atoms with Crippen molar-refractivity contribution in [1.82, 2.24) is 10.6 Å². The van der Waals surface area contributed by atoms with E-state index >= 15 is 0 Å². The number of carbonyl (C=O) groups is 1. The Bertz CT molecular complexity index is 274. The van der Waals surface area contributed by atoms with E-state index in [-0.39, 0.29) is 25.2 Å². The topological polar surface area (TPSA) is 61.4 Å². The number of hydrogen-bond acceptors (Lipinski definition) is 3. The Balaban J connectivity index is 2.33. The SMILES string of the molecule is CC(NC(=O)NCCO)c1cccs1. The summed E-state index contributed by atoms with van der Waals surface area (Å²) in [5, 5.41) is 15.8. The van der Waals surface area contributed by atoms with Crippen LogP contribution in [0, 0.1) is 0 Å². The molecule has 1 aromatic heterocycles. The Morgan fingerprint density at radius 2 is 2.50 bits per heavy atom. The van der Waals surface area contributed by atoms with Gasteiger partial charge in [0.1, 0.15) is 0 Å². The highest BCUT2D eigenvalue weighted by Crippen LogP contribution is 2.17. The van der Waals surface area contributed by atoms with Gasteiger partial charge < -0.3 is 15.7 Å². The summed E-state index contributed by atoms with van der Waals surface area (Å²) in [6.45, 7) is 2.16.